The lowest BCUT2D eigenvalue weighted by molar-refractivity contribution is 0.0668. The third-order valence-corrected chi connectivity index (χ3v) is 5.11. The predicted molar refractivity (Wildman–Crippen MR) is 76.0 cm³/mol. The van der Waals surface area contributed by atoms with E-state index in [0.29, 0.717) is 18.8 Å². The van der Waals surface area contributed by atoms with Crippen molar-refractivity contribution in [3.05, 3.63) is 24.3 Å². The molecule has 1 aromatic heterocycles. The minimum atomic E-state index is -3.16. The number of amides is 1. The molecule has 1 atom stereocenters. The zero-order chi connectivity index (χ0) is 15.1. The van der Waals surface area contributed by atoms with Crippen LogP contribution in [0.3, 0.4) is 0 Å². The van der Waals surface area contributed by atoms with E-state index in [1.807, 2.05) is 0 Å². The number of rotatable bonds is 3. The first-order valence-electron chi connectivity index (χ1n) is 6.92. The van der Waals surface area contributed by atoms with E-state index in [4.69, 9.17) is 0 Å². The second-order valence-corrected chi connectivity index (χ2v) is 7.68. The molecular weight excluding hydrogens is 292 g/mol. The quantitative estimate of drug-likeness (QED) is 0.850. The van der Waals surface area contributed by atoms with Gasteiger partial charge in [-0.25, -0.2) is 23.1 Å². The highest BCUT2D eigenvalue weighted by atomic mass is 32.2. The van der Waals surface area contributed by atoms with E-state index in [1.165, 1.54) is 12.6 Å². The molecule has 0 bridgehead atoms. The van der Waals surface area contributed by atoms with Gasteiger partial charge in [0, 0.05) is 25.3 Å². The summed E-state index contributed by atoms with van der Waals surface area (Å²) in [5.74, 6) is -0.0828. The van der Waals surface area contributed by atoms with Crippen molar-refractivity contribution < 1.29 is 13.2 Å². The number of nitrogens with one attached hydrogen (secondary N) is 1. The van der Waals surface area contributed by atoms with Crippen LogP contribution in [0.25, 0.3) is 0 Å². The van der Waals surface area contributed by atoms with Gasteiger partial charge in [0.15, 0.2) is 0 Å². The fourth-order valence-electron chi connectivity index (χ4n) is 3.06. The van der Waals surface area contributed by atoms with Crippen LogP contribution < -0.4 is 4.72 Å². The van der Waals surface area contributed by atoms with Gasteiger partial charge in [-0.05, 0) is 30.7 Å². The van der Waals surface area contributed by atoms with Crippen LogP contribution in [0.4, 0.5) is 0 Å². The second kappa shape index (κ2) is 5.03. The standard InChI is InChI=1S/C13H18N4O3S/c1-21(19,20)16-11-8-13(11)3-6-17(7-4-13)12(18)10-2-5-14-9-15-10/h2,5,9,11,16H,3-4,6-8H2,1H3. The fourth-order valence-corrected chi connectivity index (χ4v) is 3.91. The van der Waals surface area contributed by atoms with E-state index in [2.05, 4.69) is 14.7 Å². The van der Waals surface area contributed by atoms with Gasteiger partial charge >= 0.3 is 0 Å². The largest absolute Gasteiger partial charge is 0.337 e. The first-order valence-corrected chi connectivity index (χ1v) is 8.81. The van der Waals surface area contributed by atoms with Gasteiger partial charge in [-0.15, -0.1) is 0 Å². The predicted octanol–water partition coefficient (Wildman–Crippen LogP) is 0.0205. The molecule has 1 amide bonds. The van der Waals surface area contributed by atoms with Crippen LogP contribution in [0.2, 0.25) is 0 Å². The van der Waals surface area contributed by atoms with Gasteiger partial charge in [0.1, 0.15) is 12.0 Å². The third-order valence-electron chi connectivity index (χ3n) is 4.39. The van der Waals surface area contributed by atoms with Crippen molar-refractivity contribution in [2.24, 2.45) is 5.41 Å². The van der Waals surface area contributed by atoms with Gasteiger partial charge in [0.2, 0.25) is 10.0 Å². The Labute approximate surface area is 123 Å². The number of aromatic nitrogens is 2. The number of piperidine rings is 1. The molecule has 1 N–H and O–H groups in total. The van der Waals surface area contributed by atoms with Crippen molar-refractivity contribution in [3.63, 3.8) is 0 Å². The smallest absolute Gasteiger partial charge is 0.272 e. The summed E-state index contributed by atoms with van der Waals surface area (Å²) >= 11 is 0. The molecular formula is C13H18N4O3S. The van der Waals surface area contributed by atoms with Crippen LogP contribution >= 0.6 is 0 Å². The van der Waals surface area contributed by atoms with Crippen LogP contribution in [0, 0.1) is 5.41 Å². The van der Waals surface area contributed by atoms with Gasteiger partial charge in [0.25, 0.3) is 5.91 Å². The minimum Gasteiger partial charge on any atom is -0.337 e. The highest BCUT2D eigenvalue weighted by Gasteiger charge is 2.56. The van der Waals surface area contributed by atoms with E-state index < -0.39 is 10.0 Å². The van der Waals surface area contributed by atoms with Gasteiger partial charge in [-0.1, -0.05) is 0 Å². The number of carbonyl (C=O) groups excluding carboxylic acids is 1. The summed E-state index contributed by atoms with van der Waals surface area (Å²) in [6.45, 7) is 1.29. The number of carbonyl (C=O) groups is 1. The maximum Gasteiger partial charge on any atom is 0.272 e. The number of hydrogen-bond acceptors (Lipinski definition) is 5. The van der Waals surface area contributed by atoms with Crippen molar-refractivity contribution in [1.82, 2.24) is 19.6 Å². The molecule has 8 heteroatoms. The Morgan fingerprint density at radius 3 is 2.71 bits per heavy atom. The summed E-state index contributed by atoms with van der Waals surface area (Å²) < 4.78 is 25.2. The molecule has 21 heavy (non-hydrogen) atoms. The first kappa shape index (κ1) is 14.4. The van der Waals surface area contributed by atoms with Crippen molar-refractivity contribution >= 4 is 15.9 Å². The maximum absolute atomic E-state index is 12.3. The highest BCUT2D eigenvalue weighted by Crippen LogP contribution is 2.54. The number of likely N-dealkylation sites (tertiary alicyclic amines) is 1. The first-order chi connectivity index (χ1) is 9.90. The average Bonchev–Trinajstić information content (AvgIpc) is 3.09. The Morgan fingerprint density at radius 2 is 2.14 bits per heavy atom. The molecule has 0 aromatic carbocycles. The molecule has 2 heterocycles. The Bertz CT molecular complexity index is 639. The van der Waals surface area contributed by atoms with Crippen LogP contribution in [0.1, 0.15) is 29.8 Å². The monoisotopic (exact) mass is 310 g/mol. The molecule has 1 aliphatic carbocycles. The third kappa shape index (κ3) is 3.06. The zero-order valence-corrected chi connectivity index (χ0v) is 12.6. The molecule has 0 radical (unpaired) electrons. The van der Waals surface area contributed by atoms with Crippen molar-refractivity contribution in [2.45, 2.75) is 25.3 Å². The van der Waals surface area contributed by atoms with E-state index in [0.717, 1.165) is 19.3 Å². The maximum atomic E-state index is 12.3. The summed E-state index contributed by atoms with van der Waals surface area (Å²) in [5.41, 5.74) is 0.452. The summed E-state index contributed by atoms with van der Waals surface area (Å²) in [5, 5.41) is 0. The fraction of sp³-hybridized carbons (Fsp3) is 0.615. The molecule has 1 saturated carbocycles. The zero-order valence-electron chi connectivity index (χ0n) is 11.8. The van der Waals surface area contributed by atoms with Gasteiger partial charge in [-0.3, -0.25) is 4.79 Å². The topological polar surface area (TPSA) is 92.3 Å². The van der Waals surface area contributed by atoms with Crippen LogP contribution in [0.15, 0.2) is 18.6 Å². The van der Waals surface area contributed by atoms with E-state index in [-0.39, 0.29) is 17.4 Å². The van der Waals surface area contributed by atoms with Gasteiger partial charge < -0.3 is 4.90 Å². The second-order valence-electron chi connectivity index (χ2n) is 5.90. The lowest BCUT2D eigenvalue weighted by atomic mass is 9.92. The molecule has 3 rings (SSSR count). The van der Waals surface area contributed by atoms with E-state index >= 15 is 0 Å². The number of nitrogens with zero attached hydrogens (tertiary/aromatic N) is 3. The average molecular weight is 310 g/mol. The summed E-state index contributed by atoms with van der Waals surface area (Å²) in [7, 11) is -3.16. The Balaban J connectivity index is 1.58. The summed E-state index contributed by atoms with van der Waals surface area (Å²) in [6, 6.07) is 1.64. The van der Waals surface area contributed by atoms with Crippen molar-refractivity contribution in [3.8, 4) is 0 Å². The Kier molecular flexibility index (Phi) is 3.45. The van der Waals surface area contributed by atoms with Crippen LogP contribution in [0.5, 0.6) is 0 Å². The summed E-state index contributed by atoms with van der Waals surface area (Å²) in [6.07, 6.45) is 6.64. The number of hydrogen-bond donors (Lipinski definition) is 1. The molecule has 7 nitrogen and oxygen atoms in total. The normalized spacial score (nSPS) is 24.0. The van der Waals surface area contributed by atoms with Crippen LogP contribution in [-0.4, -0.2) is 54.6 Å². The molecule has 114 valence electrons. The van der Waals surface area contributed by atoms with Crippen molar-refractivity contribution in [1.29, 1.82) is 0 Å². The summed E-state index contributed by atoms with van der Waals surface area (Å²) in [4.78, 5) is 21.8. The van der Waals surface area contributed by atoms with Crippen molar-refractivity contribution in [2.75, 3.05) is 19.3 Å². The Hall–Kier alpha value is -1.54. The molecule has 1 aliphatic heterocycles. The van der Waals surface area contributed by atoms with Gasteiger partial charge in [0.05, 0.1) is 6.26 Å². The number of sulfonamides is 1. The highest BCUT2D eigenvalue weighted by molar-refractivity contribution is 7.88. The van der Waals surface area contributed by atoms with E-state index in [9.17, 15) is 13.2 Å². The molecule has 1 spiro atoms. The Morgan fingerprint density at radius 1 is 1.43 bits per heavy atom. The molecule has 1 aromatic rings. The van der Waals surface area contributed by atoms with E-state index in [1.54, 1.807) is 17.2 Å². The molecule has 2 aliphatic rings. The molecule has 2 fully saturated rings. The lowest BCUT2D eigenvalue weighted by Gasteiger charge is -2.32. The van der Waals surface area contributed by atoms with Crippen LogP contribution in [-0.2, 0) is 10.0 Å². The molecule has 1 unspecified atom stereocenters. The SMILES string of the molecule is CS(=O)(=O)NC1CC12CCN(C(=O)c1ccncn1)CC2. The lowest BCUT2D eigenvalue weighted by Crippen LogP contribution is -2.41. The minimum absolute atomic E-state index is 0.0313. The molecule has 1 saturated heterocycles. The van der Waals surface area contributed by atoms with Gasteiger partial charge in [-0.2, -0.15) is 0 Å².